The van der Waals surface area contributed by atoms with E-state index in [0.29, 0.717) is 12.5 Å². The first-order valence-electron chi connectivity index (χ1n) is 8.53. The second-order valence-electron chi connectivity index (χ2n) is 6.76. The molecule has 0 bridgehead atoms. The summed E-state index contributed by atoms with van der Waals surface area (Å²) < 4.78 is 33.4. The SMILES string of the molecule is COc1ccc(C(=O)N2CCC(F)(C(=O)NCC3CC3)CC2)cc1F. The number of hydrogen-bond donors (Lipinski definition) is 1. The van der Waals surface area contributed by atoms with Crippen molar-refractivity contribution in [1.29, 1.82) is 0 Å². The third-order valence-corrected chi connectivity index (χ3v) is 4.90. The van der Waals surface area contributed by atoms with Gasteiger partial charge in [0.05, 0.1) is 7.11 Å². The standard InChI is InChI=1S/C18H22F2N2O3/c1-25-15-5-4-13(10-14(15)19)16(23)22-8-6-18(20,7-9-22)17(24)21-11-12-2-3-12/h4-5,10,12H,2-3,6-9,11H2,1H3,(H,21,24). The lowest BCUT2D eigenvalue weighted by atomic mass is 9.92. The maximum atomic E-state index is 14.8. The molecule has 1 saturated carbocycles. The summed E-state index contributed by atoms with van der Waals surface area (Å²) in [7, 11) is 1.35. The molecule has 1 aromatic rings. The molecule has 1 aliphatic heterocycles. The van der Waals surface area contributed by atoms with Crippen molar-refractivity contribution in [1.82, 2.24) is 10.2 Å². The molecule has 2 aliphatic rings. The van der Waals surface area contributed by atoms with E-state index in [9.17, 15) is 18.4 Å². The van der Waals surface area contributed by atoms with Crippen LogP contribution in [0.4, 0.5) is 8.78 Å². The van der Waals surface area contributed by atoms with Gasteiger partial charge in [-0.15, -0.1) is 0 Å². The van der Waals surface area contributed by atoms with Crippen molar-refractivity contribution in [2.45, 2.75) is 31.4 Å². The molecule has 3 rings (SSSR count). The van der Waals surface area contributed by atoms with Gasteiger partial charge in [0.15, 0.2) is 17.2 Å². The Morgan fingerprint density at radius 1 is 1.32 bits per heavy atom. The number of piperidine rings is 1. The molecule has 1 saturated heterocycles. The zero-order valence-electron chi connectivity index (χ0n) is 14.2. The van der Waals surface area contributed by atoms with Crippen molar-refractivity contribution >= 4 is 11.8 Å². The van der Waals surface area contributed by atoms with E-state index >= 15 is 0 Å². The van der Waals surface area contributed by atoms with Crippen LogP contribution in [0.1, 0.15) is 36.0 Å². The van der Waals surface area contributed by atoms with Crippen LogP contribution in [-0.2, 0) is 4.79 Å². The number of ether oxygens (including phenoxy) is 1. The average molecular weight is 352 g/mol. The van der Waals surface area contributed by atoms with Crippen LogP contribution in [0.5, 0.6) is 5.75 Å². The molecule has 1 heterocycles. The van der Waals surface area contributed by atoms with E-state index in [1.165, 1.54) is 24.1 Å². The van der Waals surface area contributed by atoms with Gasteiger partial charge in [0.25, 0.3) is 11.8 Å². The lowest BCUT2D eigenvalue weighted by Crippen LogP contribution is -2.52. The number of rotatable bonds is 5. The van der Waals surface area contributed by atoms with Crippen LogP contribution in [0.25, 0.3) is 0 Å². The summed E-state index contributed by atoms with van der Waals surface area (Å²) in [6.45, 7) is 0.776. The minimum Gasteiger partial charge on any atom is -0.494 e. The molecule has 7 heteroatoms. The first kappa shape index (κ1) is 17.6. The molecule has 1 N–H and O–H groups in total. The average Bonchev–Trinajstić information content (AvgIpc) is 3.44. The number of halogens is 2. The normalized spacial score (nSPS) is 19.4. The number of likely N-dealkylation sites (tertiary alicyclic amines) is 1. The Hall–Kier alpha value is -2.18. The van der Waals surface area contributed by atoms with Crippen molar-refractivity contribution in [3.05, 3.63) is 29.6 Å². The number of alkyl halides is 1. The molecular formula is C18H22F2N2O3. The number of hydrogen-bond acceptors (Lipinski definition) is 3. The van der Waals surface area contributed by atoms with E-state index in [1.807, 2.05) is 0 Å². The van der Waals surface area contributed by atoms with E-state index in [-0.39, 0.29) is 43.2 Å². The first-order valence-corrected chi connectivity index (χ1v) is 8.53. The molecule has 2 fully saturated rings. The van der Waals surface area contributed by atoms with Crippen molar-refractivity contribution < 1.29 is 23.1 Å². The fraction of sp³-hybridized carbons (Fsp3) is 0.556. The molecule has 5 nitrogen and oxygen atoms in total. The highest BCUT2D eigenvalue weighted by Gasteiger charge is 2.43. The summed E-state index contributed by atoms with van der Waals surface area (Å²) in [6.07, 6.45) is 2.07. The van der Waals surface area contributed by atoms with E-state index < -0.39 is 17.4 Å². The summed E-state index contributed by atoms with van der Waals surface area (Å²) in [5, 5.41) is 2.67. The molecule has 0 spiro atoms. The summed E-state index contributed by atoms with van der Waals surface area (Å²) in [5.41, 5.74) is -1.75. The molecule has 2 amide bonds. The van der Waals surface area contributed by atoms with Crippen LogP contribution in [0.3, 0.4) is 0 Å². The Bertz CT molecular complexity index is 668. The topological polar surface area (TPSA) is 58.6 Å². The third-order valence-electron chi connectivity index (χ3n) is 4.90. The molecule has 0 unspecified atom stereocenters. The molecule has 0 aromatic heterocycles. The van der Waals surface area contributed by atoms with Crippen molar-refractivity contribution in [3.8, 4) is 5.75 Å². The predicted molar refractivity (Wildman–Crippen MR) is 87.7 cm³/mol. The maximum absolute atomic E-state index is 14.8. The summed E-state index contributed by atoms with van der Waals surface area (Å²) >= 11 is 0. The van der Waals surface area contributed by atoms with Crippen LogP contribution >= 0.6 is 0 Å². The zero-order valence-corrected chi connectivity index (χ0v) is 14.2. The Balaban J connectivity index is 1.58. The van der Waals surface area contributed by atoms with Crippen LogP contribution in [-0.4, -0.2) is 49.1 Å². The third kappa shape index (κ3) is 3.91. The minimum absolute atomic E-state index is 0.0477. The first-order chi connectivity index (χ1) is 11.9. The highest BCUT2D eigenvalue weighted by atomic mass is 19.1. The smallest absolute Gasteiger partial charge is 0.257 e. The fourth-order valence-electron chi connectivity index (χ4n) is 2.99. The largest absolute Gasteiger partial charge is 0.494 e. The Kier molecular flexibility index (Phi) is 4.92. The number of nitrogens with zero attached hydrogens (tertiary/aromatic N) is 1. The van der Waals surface area contributed by atoms with E-state index in [0.717, 1.165) is 18.9 Å². The van der Waals surface area contributed by atoms with Crippen molar-refractivity contribution in [2.75, 3.05) is 26.7 Å². The number of carbonyl (C=O) groups excluding carboxylic acids is 2. The van der Waals surface area contributed by atoms with Crippen molar-refractivity contribution in [2.24, 2.45) is 5.92 Å². The quantitative estimate of drug-likeness (QED) is 0.885. The fourth-order valence-corrected chi connectivity index (χ4v) is 2.99. The Morgan fingerprint density at radius 2 is 2.00 bits per heavy atom. The molecule has 25 heavy (non-hydrogen) atoms. The molecule has 0 radical (unpaired) electrons. The van der Waals surface area contributed by atoms with E-state index in [1.54, 1.807) is 0 Å². The van der Waals surface area contributed by atoms with E-state index in [4.69, 9.17) is 4.74 Å². The molecule has 1 aliphatic carbocycles. The highest BCUT2D eigenvalue weighted by Crippen LogP contribution is 2.30. The monoisotopic (exact) mass is 352 g/mol. The lowest BCUT2D eigenvalue weighted by Gasteiger charge is -2.35. The number of benzene rings is 1. The van der Waals surface area contributed by atoms with Gasteiger partial charge < -0.3 is 15.0 Å². The number of nitrogens with one attached hydrogen (secondary N) is 1. The summed E-state index contributed by atoms with van der Waals surface area (Å²) in [4.78, 5) is 26.0. The molecular weight excluding hydrogens is 330 g/mol. The van der Waals surface area contributed by atoms with Gasteiger partial charge >= 0.3 is 0 Å². The summed E-state index contributed by atoms with van der Waals surface area (Å²) in [6, 6.07) is 3.97. The number of carbonyl (C=O) groups is 2. The Labute approximate surface area is 145 Å². The van der Waals surface area contributed by atoms with Crippen LogP contribution < -0.4 is 10.1 Å². The van der Waals surface area contributed by atoms with Gasteiger partial charge in [0.1, 0.15) is 0 Å². The van der Waals surface area contributed by atoms with Gasteiger partial charge in [-0.2, -0.15) is 0 Å². The van der Waals surface area contributed by atoms with Gasteiger partial charge in [0, 0.05) is 38.0 Å². The Morgan fingerprint density at radius 3 is 2.56 bits per heavy atom. The maximum Gasteiger partial charge on any atom is 0.257 e. The van der Waals surface area contributed by atoms with Gasteiger partial charge in [0.2, 0.25) is 0 Å². The highest BCUT2D eigenvalue weighted by molar-refractivity contribution is 5.95. The molecule has 136 valence electrons. The zero-order chi connectivity index (χ0) is 18.0. The van der Waals surface area contributed by atoms with Gasteiger partial charge in [-0.3, -0.25) is 9.59 Å². The van der Waals surface area contributed by atoms with Crippen LogP contribution in [0.2, 0.25) is 0 Å². The number of methoxy groups -OCH3 is 1. The summed E-state index contributed by atoms with van der Waals surface area (Å²) in [5.74, 6) is -1.03. The van der Waals surface area contributed by atoms with Crippen molar-refractivity contribution in [3.63, 3.8) is 0 Å². The van der Waals surface area contributed by atoms with Gasteiger partial charge in [-0.05, 0) is 37.0 Å². The van der Waals surface area contributed by atoms with Gasteiger partial charge in [-0.1, -0.05) is 0 Å². The molecule has 1 aromatic carbocycles. The van der Waals surface area contributed by atoms with Gasteiger partial charge in [-0.25, -0.2) is 8.78 Å². The minimum atomic E-state index is -1.93. The second kappa shape index (κ2) is 6.98. The predicted octanol–water partition coefficient (Wildman–Crippen LogP) is 2.30. The second-order valence-corrected chi connectivity index (χ2v) is 6.76. The number of amides is 2. The van der Waals surface area contributed by atoms with E-state index in [2.05, 4.69) is 5.32 Å². The lowest BCUT2D eigenvalue weighted by molar-refractivity contribution is -0.135. The van der Waals surface area contributed by atoms with Crippen LogP contribution in [0.15, 0.2) is 18.2 Å². The molecule has 0 atom stereocenters. The van der Waals surface area contributed by atoms with Crippen LogP contribution in [0, 0.1) is 11.7 Å².